The highest BCUT2D eigenvalue weighted by atomic mass is 79.9. The van der Waals surface area contributed by atoms with Crippen molar-refractivity contribution < 1.29 is 29.0 Å². The summed E-state index contributed by atoms with van der Waals surface area (Å²) in [4.78, 5) is 44.4. The number of ether oxygens (including phenoxy) is 2. The van der Waals surface area contributed by atoms with Gasteiger partial charge in [-0.15, -0.1) is 6.58 Å². The first-order valence-corrected chi connectivity index (χ1v) is 13.6. The van der Waals surface area contributed by atoms with Crippen LogP contribution in [0.2, 0.25) is 0 Å². The fourth-order valence-electron chi connectivity index (χ4n) is 5.99. The Hall–Kier alpha value is -1.71. The van der Waals surface area contributed by atoms with E-state index in [-0.39, 0.29) is 35.8 Å². The summed E-state index contributed by atoms with van der Waals surface area (Å²) >= 11 is 3.65. The molecule has 0 aromatic rings. The number of hydrogen-bond acceptors (Lipinski definition) is 6. The maximum absolute atomic E-state index is 14.2. The van der Waals surface area contributed by atoms with Crippen molar-refractivity contribution in [2.24, 2.45) is 17.8 Å². The van der Waals surface area contributed by atoms with Gasteiger partial charge in [0.05, 0.1) is 30.6 Å². The van der Waals surface area contributed by atoms with Crippen LogP contribution >= 0.6 is 15.9 Å². The third-order valence-corrected chi connectivity index (χ3v) is 8.71. The number of rotatable bonds is 13. The summed E-state index contributed by atoms with van der Waals surface area (Å²) in [5.74, 6) is -2.80. The van der Waals surface area contributed by atoms with Crippen LogP contribution in [-0.4, -0.2) is 87.6 Å². The second-order valence-electron chi connectivity index (χ2n) is 9.89. The Morgan fingerprint density at radius 3 is 2.66 bits per heavy atom. The van der Waals surface area contributed by atoms with Crippen LogP contribution in [0.15, 0.2) is 25.3 Å². The van der Waals surface area contributed by atoms with Crippen molar-refractivity contribution >= 4 is 33.7 Å². The monoisotopic (exact) mass is 554 g/mol. The molecule has 2 bridgehead atoms. The normalized spacial score (nSPS) is 32.8. The summed E-state index contributed by atoms with van der Waals surface area (Å²) in [5.41, 5.74) is -1.17. The van der Waals surface area contributed by atoms with Gasteiger partial charge in [-0.25, -0.2) is 0 Å². The van der Waals surface area contributed by atoms with Crippen LogP contribution in [0, 0.1) is 17.8 Å². The zero-order valence-electron chi connectivity index (χ0n) is 21.0. The minimum Gasteiger partial charge on any atom is -0.461 e. The average molecular weight is 556 g/mol. The molecule has 196 valence electrons. The molecule has 0 radical (unpaired) electrons. The van der Waals surface area contributed by atoms with Crippen molar-refractivity contribution in [1.29, 1.82) is 0 Å². The van der Waals surface area contributed by atoms with E-state index in [1.54, 1.807) is 11.0 Å². The van der Waals surface area contributed by atoms with Gasteiger partial charge in [0.15, 0.2) is 0 Å². The van der Waals surface area contributed by atoms with E-state index in [2.05, 4.69) is 36.0 Å². The summed E-state index contributed by atoms with van der Waals surface area (Å²) < 4.78 is 11.9. The van der Waals surface area contributed by atoms with Gasteiger partial charge in [0, 0.05) is 17.9 Å². The molecule has 8 atom stereocenters. The zero-order valence-corrected chi connectivity index (χ0v) is 22.6. The molecule has 3 heterocycles. The molecule has 3 fully saturated rings. The number of unbranched alkanes of at least 4 members (excludes halogenated alkanes) is 1. The van der Waals surface area contributed by atoms with Crippen LogP contribution < -0.4 is 0 Å². The SMILES string of the molecule is C=CCOC(=O)[C@H]1[C@H]2C(=O)N([C@@H](CO)[C@@H](C)CC)C(C(=O)N(CC=C)CCCC)C23CC(Br)[C@@H]1O3. The number of amides is 2. The van der Waals surface area contributed by atoms with E-state index in [4.69, 9.17) is 9.47 Å². The minimum atomic E-state index is -1.17. The molecule has 8 nitrogen and oxygen atoms in total. The molecule has 3 aliphatic rings. The molecule has 2 amide bonds. The lowest BCUT2D eigenvalue weighted by Gasteiger charge is -2.41. The van der Waals surface area contributed by atoms with E-state index >= 15 is 0 Å². The molecule has 1 N–H and O–H groups in total. The van der Waals surface area contributed by atoms with Crippen LogP contribution in [0.5, 0.6) is 0 Å². The van der Waals surface area contributed by atoms with Crippen molar-refractivity contribution in [1.82, 2.24) is 9.80 Å². The number of halogens is 1. The fraction of sp³-hybridized carbons (Fsp3) is 0.731. The van der Waals surface area contributed by atoms with E-state index in [0.29, 0.717) is 19.5 Å². The molecule has 0 aromatic carbocycles. The summed E-state index contributed by atoms with van der Waals surface area (Å²) in [5, 5.41) is 10.4. The van der Waals surface area contributed by atoms with E-state index in [9.17, 15) is 19.5 Å². The molecule has 0 aromatic heterocycles. The molecule has 3 unspecified atom stereocenters. The highest BCUT2D eigenvalue weighted by Crippen LogP contribution is 2.61. The van der Waals surface area contributed by atoms with Crippen molar-refractivity contribution in [3.05, 3.63) is 25.3 Å². The van der Waals surface area contributed by atoms with E-state index in [1.165, 1.54) is 11.0 Å². The fourth-order valence-corrected chi connectivity index (χ4v) is 6.94. The van der Waals surface area contributed by atoms with Gasteiger partial charge in [0.1, 0.15) is 18.2 Å². The first kappa shape index (κ1) is 27.9. The molecule has 3 rings (SSSR count). The lowest BCUT2D eigenvalue weighted by molar-refractivity contribution is -0.156. The lowest BCUT2D eigenvalue weighted by atomic mass is 9.70. The van der Waals surface area contributed by atoms with Crippen LogP contribution in [0.3, 0.4) is 0 Å². The van der Waals surface area contributed by atoms with Gasteiger partial charge in [-0.05, 0) is 18.8 Å². The molecule has 3 aliphatic heterocycles. The number of esters is 1. The molecular formula is C26H39BrN2O6. The molecule has 35 heavy (non-hydrogen) atoms. The largest absolute Gasteiger partial charge is 0.461 e. The van der Waals surface area contributed by atoms with E-state index < -0.39 is 41.6 Å². The Balaban J connectivity index is 2.11. The number of nitrogens with zero attached hydrogens (tertiary/aromatic N) is 2. The molecule has 3 saturated heterocycles. The highest BCUT2D eigenvalue weighted by Gasteiger charge is 2.77. The van der Waals surface area contributed by atoms with E-state index in [0.717, 1.165) is 19.3 Å². The van der Waals surface area contributed by atoms with E-state index in [1.807, 2.05) is 13.8 Å². The first-order valence-electron chi connectivity index (χ1n) is 12.7. The number of likely N-dealkylation sites (tertiary alicyclic amines) is 1. The maximum atomic E-state index is 14.2. The molecular weight excluding hydrogens is 516 g/mol. The maximum Gasteiger partial charge on any atom is 0.312 e. The van der Waals surface area contributed by atoms with Gasteiger partial charge in [0.25, 0.3) is 0 Å². The summed E-state index contributed by atoms with van der Waals surface area (Å²) in [6, 6.07) is -1.51. The third-order valence-electron chi connectivity index (χ3n) is 7.86. The number of aliphatic hydroxyl groups is 1. The van der Waals surface area contributed by atoms with Gasteiger partial charge >= 0.3 is 5.97 Å². The molecule has 9 heteroatoms. The van der Waals surface area contributed by atoms with Gasteiger partial charge in [-0.3, -0.25) is 14.4 Å². The standard InChI is InChI=1S/C26H39BrN2O6/c1-6-10-12-28(11-7-2)24(32)22-26-14-17(27)21(35-26)19(25(33)34-13-8-3)20(26)23(31)29(22)18(15-30)16(5)9-4/h7-8,16-22,30H,2-3,6,9-15H2,1,4-5H3/t16-,17?,18-,19-,20-,21-,22?,26?/m0/s1. The van der Waals surface area contributed by atoms with Gasteiger partial charge < -0.3 is 24.4 Å². The van der Waals surface area contributed by atoms with Crippen molar-refractivity contribution in [2.75, 3.05) is 26.3 Å². The predicted molar refractivity (Wildman–Crippen MR) is 136 cm³/mol. The number of carbonyl (C=O) groups excluding carboxylic acids is 3. The van der Waals surface area contributed by atoms with Crippen molar-refractivity contribution in [2.45, 2.75) is 75.1 Å². The zero-order chi connectivity index (χ0) is 25.9. The van der Waals surface area contributed by atoms with Crippen molar-refractivity contribution in [3.63, 3.8) is 0 Å². The van der Waals surface area contributed by atoms with Crippen LogP contribution in [-0.2, 0) is 23.9 Å². The Morgan fingerprint density at radius 2 is 2.09 bits per heavy atom. The smallest absolute Gasteiger partial charge is 0.312 e. The summed E-state index contributed by atoms with van der Waals surface area (Å²) in [7, 11) is 0. The number of hydrogen-bond donors (Lipinski definition) is 1. The minimum absolute atomic E-state index is 0.0330. The quantitative estimate of drug-likeness (QED) is 0.213. The molecule has 1 spiro atoms. The van der Waals surface area contributed by atoms with Gasteiger partial charge in [0.2, 0.25) is 11.8 Å². The number of alkyl halides is 1. The number of fused-ring (bicyclic) bond motifs is 1. The Labute approximate surface area is 216 Å². The van der Waals surface area contributed by atoms with Crippen molar-refractivity contribution in [3.8, 4) is 0 Å². The van der Waals surface area contributed by atoms with Crippen LogP contribution in [0.25, 0.3) is 0 Å². The van der Waals surface area contributed by atoms with Gasteiger partial charge in [-0.2, -0.15) is 0 Å². The van der Waals surface area contributed by atoms with Crippen LogP contribution in [0.4, 0.5) is 0 Å². The molecule has 0 saturated carbocycles. The second-order valence-corrected chi connectivity index (χ2v) is 11.1. The topological polar surface area (TPSA) is 96.4 Å². The summed E-state index contributed by atoms with van der Waals surface area (Å²) in [6.45, 7) is 14.0. The Bertz CT molecular complexity index is 837. The average Bonchev–Trinajstić information content (AvgIpc) is 3.44. The Morgan fingerprint density at radius 1 is 1.37 bits per heavy atom. The Kier molecular flexibility index (Phi) is 9.21. The predicted octanol–water partition coefficient (Wildman–Crippen LogP) is 2.69. The van der Waals surface area contributed by atoms with Crippen LogP contribution in [0.1, 0.15) is 46.5 Å². The lowest BCUT2D eigenvalue weighted by Crippen LogP contribution is -2.60. The number of carbonyl (C=O) groups is 3. The number of aliphatic hydroxyl groups excluding tert-OH is 1. The third kappa shape index (κ3) is 4.71. The molecule has 0 aliphatic carbocycles. The second kappa shape index (κ2) is 11.6. The summed E-state index contributed by atoms with van der Waals surface area (Å²) in [6.07, 6.45) is 5.44. The highest BCUT2D eigenvalue weighted by molar-refractivity contribution is 9.09. The first-order chi connectivity index (χ1) is 16.7. The van der Waals surface area contributed by atoms with Gasteiger partial charge in [-0.1, -0.05) is 68.3 Å².